The van der Waals surface area contributed by atoms with Crippen LogP contribution in [0.2, 0.25) is 0 Å². The molecule has 0 fully saturated rings. The molecule has 35 heavy (non-hydrogen) atoms. The standard InChI is InChI=1S/C27H28N2O5S/c1-5-33-26-12-7-6-11-24(26)27-28-25(20(3)34-27)18-29(21-9-8-10-22(17-21)32-4)35(30,31)23-15-13-19(2)14-16-23/h6-17H,5,18H2,1-4H3. The minimum Gasteiger partial charge on any atom is -0.497 e. The Balaban J connectivity index is 1.78. The summed E-state index contributed by atoms with van der Waals surface area (Å²) >= 11 is 0. The third kappa shape index (κ3) is 5.17. The molecule has 0 aliphatic carbocycles. The van der Waals surface area contributed by atoms with Crippen LogP contribution in [-0.2, 0) is 16.6 Å². The molecule has 0 bridgehead atoms. The molecule has 8 heteroatoms. The van der Waals surface area contributed by atoms with Gasteiger partial charge in [0.1, 0.15) is 23.0 Å². The SMILES string of the molecule is CCOc1ccccc1-c1nc(CN(c2cccc(OC)c2)S(=O)(=O)c2ccc(C)cc2)c(C)o1. The summed E-state index contributed by atoms with van der Waals surface area (Å²) in [6, 6.07) is 21.2. The number of aryl methyl sites for hydroxylation is 2. The molecule has 0 N–H and O–H groups in total. The number of nitrogens with zero attached hydrogens (tertiary/aromatic N) is 2. The van der Waals surface area contributed by atoms with Gasteiger partial charge < -0.3 is 13.9 Å². The van der Waals surface area contributed by atoms with Crippen molar-refractivity contribution in [2.24, 2.45) is 0 Å². The summed E-state index contributed by atoms with van der Waals surface area (Å²) < 4.78 is 45.9. The molecule has 1 heterocycles. The van der Waals surface area contributed by atoms with Crippen LogP contribution in [-0.4, -0.2) is 27.1 Å². The molecule has 0 saturated heterocycles. The highest BCUT2D eigenvalue weighted by molar-refractivity contribution is 7.92. The number of hydrogen-bond acceptors (Lipinski definition) is 6. The van der Waals surface area contributed by atoms with Crippen molar-refractivity contribution in [3.8, 4) is 23.0 Å². The molecular formula is C27H28N2O5S. The quantitative estimate of drug-likeness (QED) is 0.295. The lowest BCUT2D eigenvalue weighted by molar-refractivity contribution is 0.340. The molecule has 0 aliphatic rings. The fourth-order valence-electron chi connectivity index (χ4n) is 3.67. The van der Waals surface area contributed by atoms with Gasteiger partial charge in [0, 0.05) is 6.07 Å². The lowest BCUT2D eigenvalue weighted by Gasteiger charge is -2.24. The molecule has 4 aromatic rings. The maximum atomic E-state index is 13.8. The van der Waals surface area contributed by atoms with Crippen molar-refractivity contribution < 1.29 is 22.3 Å². The van der Waals surface area contributed by atoms with Crippen molar-refractivity contribution in [2.45, 2.75) is 32.2 Å². The van der Waals surface area contributed by atoms with Crippen LogP contribution in [0.25, 0.3) is 11.5 Å². The largest absolute Gasteiger partial charge is 0.497 e. The van der Waals surface area contributed by atoms with Gasteiger partial charge in [-0.3, -0.25) is 4.31 Å². The number of oxazole rings is 1. The Kier molecular flexibility index (Phi) is 7.12. The molecule has 7 nitrogen and oxygen atoms in total. The fourth-order valence-corrected chi connectivity index (χ4v) is 5.09. The van der Waals surface area contributed by atoms with Gasteiger partial charge in [-0.1, -0.05) is 35.9 Å². The maximum Gasteiger partial charge on any atom is 0.264 e. The number of sulfonamides is 1. The molecule has 0 amide bonds. The van der Waals surface area contributed by atoms with E-state index in [0.29, 0.717) is 46.7 Å². The summed E-state index contributed by atoms with van der Waals surface area (Å²) in [5, 5.41) is 0. The van der Waals surface area contributed by atoms with Crippen LogP contribution in [0.15, 0.2) is 82.1 Å². The zero-order valence-corrected chi connectivity index (χ0v) is 21.0. The van der Waals surface area contributed by atoms with E-state index < -0.39 is 10.0 Å². The first kappa shape index (κ1) is 24.3. The molecule has 0 unspecified atom stereocenters. The molecule has 0 spiro atoms. The van der Waals surface area contributed by atoms with Gasteiger partial charge in [-0.25, -0.2) is 13.4 Å². The number of hydrogen-bond donors (Lipinski definition) is 0. The molecule has 0 atom stereocenters. The lowest BCUT2D eigenvalue weighted by atomic mass is 10.2. The Labute approximate surface area is 206 Å². The van der Waals surface area contributed by atoms with Gasteiger partial charge in [0.05, 0.1) is 36.4 Å². The number of rotatable bonds is 9. The Bertz CT molecular complexity index is 1410. The molecule has 4 rings (SSSR count). The number of ether oxygens (including phenoxy) is 2. The van der Waals surface area contributed by atoms with Crippen LogP contribution in [0.1, 0.15) is 23.9 Å². The Morgan fingerprint density at radius 1 is 0.971 bits per heavy atom. The van der Waals surface area contributed by atoms with Gasteiger partial charge in [0.15, 0.2) is 0 Å². The predicted octanol–water partition coefficient (Wildman–Crippen LogP) is 5.76. The van der Waals surface area contributed by atoms with Gasteiger partial charge in [-0.2, -0.15) is 0 Å². The van der Waals surface area contributed by atoms with Gasteiger partial charge in [0.25, 0.3) is 10.0 Å². The maximum absolute atomic E-state index is 13.8. The van der Waals surface area contributed by atoms with Crippen LogP contribution < -0.4 is 13.8 Å². The van der Waals surface area contributed by atoms with E-state index in [-0.39, 0.29) is 11.4 Å². The summed E-state index contributed by atoms with van der Waals surface area (Å²) in [4.78, 5) is 4.86. The normalized spacial score (nSPS) is 11.3. The van der Waals surface area contributed by atoms with Crippen molar-refractivity contribution in [3.63, 3.8) is 0 Å². The van der Waals surface area contributed by atoms with E-state index in [1.54, 1.807) is 62.6 Å². The van der Waals surface area contributed by atoms with Crippen LogP contribution in [0, 0.1) is 13.8 Å². The number of anilines is 1. The van der Waals surface area contributed by atoms with E-state index >= 15 is 0 Å². The van der Waals surface area contributed by atoms with Gasteiger partial charge >= 0.3 is 0 Å². The van der Waals surface area contributed by atoms with Crippen LogP contribution in [0.5, 0.6) is 11.5 Å². The highest BCUT2D eigenvalue weighted by atomic mass is 32.2. The minimum atomic E-state index is -3.91. The molecule has 0 radical (unpaired) electrons. The van der Waals surface area contributed by atoms with Gasteiger partial charge in [-0.05, 0) is 57.2 Å². The zero-order valence-electron chi connectivity index (χ0n) is 20.2. The summed E-state index contributed by atoms with van der Waals surface area (Å²) in [6.45, 7) is 6.08. The van der Waals surface area contributed by atoms with Crippen molar-refractivity contribution >= 4 is 15.7 Å². The second-order valence-electron chi connectivity index (χ2n) is 7.98. The van der Waals surface area contributed by atoms with Crippen LogP contribution in [0.3, 0.4) is 0 Å². The second kappa shape index (κ2) is 10.2. The van der Waals surface area contributed by atoms with Crippen molar-refractivity contribution in [1.29, 1.82) is 0 Å². The van der Waals surface area contributed by atoms with Crippen LogP contribution >= 0.6 is 0 Å². The highest BCUT2D eigenvalue weighted by Gasteiger charge is 2.28. The zero-order chi connectivity index (χ0) is 25.0. The molecule has 182 valence electrons. The van der Waals surface area contributed by atoms with Crippen molar-refractivity contribution in [3.05, 3.63) is 89.8 Å². The second-order valence-corrected chi connectivity index (χ2v) is 9.84. The average molecular weight is 493 g/mol. The van der Waals surface area contributed by atoms with Gasteiger partial charge in [0.2, 0.25) is 5.89 Å². The van der Waals surface area contributed by atoms with Crippen molar-refractivity contribution in [2.75, 3.05) is 18.0 Å². The molecule has 3 aromatic carbocycles. The Morgan fingerprint density at radius 3 is 2.43 bits per heavy atom. The third-order valence-corrected chi connectivity index (χ3v) is 7.34. The summed E-state index contributed by atoms with van der Waals surface area (Å²) in [5.74, 6) is 2.10. The third-order valence-electron chi connectivity index (χ3n) is 5.55. The van der Waals surface area contributed by atoms with Crippen LogP contribution in [0.4, 0.5) is 5.69 Å². The van der Waals surface area contributed by atoms with E-state index in [1.807, 2.05) is 38.1 Å². The smallest absolute Gasteiger partial charge is 0.264 e. The molecule has 1 aromatic heterocycles. The van der Waals surface area contributed by atoms with E-state index in [1.165, 1.54) is 4.31 Å². The first-order valence-corrected chi connectivity index (χ1v) is 12.7. The first-order valence-electron chi connectivity index (χ1n) is 11.3. The van der Waals surface area contributed by atoms with E-state index in [2.05, 4.69) is 4.98 Å². The Morgan fingerprint density at radius 2 is 1.71 bits per heavy atom. The fraction of sp³-hybridized carbons (Fsp3) is 0.222. The molecule has 0 aliphatic heterocycles. The summed E-state index contributed by atoms with van der Waals surface area (Å²) in [6.07, 6.45) is 0. The number of aromatic nitrogens is 1. The number of benzene rings is 3. The molecular weight excluding hydrogens is 464 g/mol. The van der Waals surface area contributed by atoms with Gasteiger partial charge in [-0.15, -0.1) is 0 Å². The topological polar surface area (TPSA) is 81.9 Å². The molecule has 0 saturated carbocycles. The monoisotopic (exact) mass is 492 g/mol. The van der Waals surface area contributed by atoms with E-state index in [9.17, 15) is 8.42 Å². The number of para-hydroxylation sites is 1. The van der Waals surface area contributed by atoms with E-state index in [0.717, 1.165) is 5.56 Å². The van der Waals surface area contributed by atoms with Crippen molar-refractivity contribution in [1.82, 2.24) is 4.98 Å². The predicted molar refractivity (Wildman–Crippen MR) is 135 cm³/mol. The number of methoxy groups -OCH3 is 1. The first-order chi connectivity index (χ1) is 16.8. The van der Waals surface area contributed by atoms with E-state index in [4.69, 9.17) is 13.9 Å². The minimum absolute atomic E-state index is 0.0183. The summed E-state index contributed by atoms with van der Waals surface area (Å²) in [5.41, 5.74) is 2.65. The average Bonchev–Trinajstić information content (AvgIpc) is 3.23. The highest BCUT2D eigenvalue weighted by Crippen LogP contribution is 2.33. The Hall–Kier alpha value is -3.78. The lowest BCUT2D eigenvalue weighted by Crippen LogP contribution is -2.31. The summed E-state index contributed by atoms with van der Waals surface area (Å²) in [7, 11) is -2.37.